The van der Waals surface area contributed by atoms with E-state index in [4.69, 9.17) is 9.47 Å². The first-order valence-electron chi connectivity index (χ1n) is 6.32. The maximum atomic E-state index is 5.46. The van der Waals surface area contributed by atoms with E-state index in [2.05, 4.69) is 0 Å². The van der Waals surface area contributed by atoms with Crippen molar-refractivity contribution in [3.8, 4) is 11.5 Å². The van der Waals surface area contributed by atoms with Crippen LogP contribution in [0.1, 0.15) is 32.1 Å². The van der Waals surface area contributed by atoms with Crippen molar-refractivity contribution >= 4 is 13.9 Å². The maximum absolute atomic E-state index is 5.46. The zero-order valence-electron chi connectivity index (χ0n) is 10.7. The molecule has 0 N–H and O–H groups in total. The Bertz CT molecular complexity index is 337. The highest BCUT2D eigenvalue weighted by Gasteiger charge is 2.18. The summed E-state index contributed by atoms with van der Waals surface area (Å²) in [6.45, 7) is 0. The van der Waals surface area contributed by atoms with Crippen LogP contribution in [0, 0.1) is 0 Å². The van der Waals surface area contributed by atoms with Crippen LogP contribution >= 0.6 is 8.58 Å². The predicted molar refractivity (Wildman–Crippen MR) is 74.4 cm³/mol. The molecule has 0 spiro atoms. The summed E-state index contributed by atoms with van der Waals surface area (Å²) in [4.78, 5) is 0. The Balaban J connectivity index is 2.16. The van der Waals surface area contributed by atoms with Crippen LogP contribution < -0.4 is 14.8 Å². The van der Waals surface area contributed by atoms with Gasteiger partial charge < -0.3 is 9.47 Å². The van der Waals surface area contributed by atoms with Crippen LogP contribution in [0.3, 0.4) is 0 Å². The van der Waals surface area contributed by atoms with Gasteiger partial charge in [0, 0.05) is 0 Å². The maximum Gasteiger partial charge on any atom is 0.129 e. The van der Waals surface area contributed by atoms with Crippen LogP contribution in [0.15, 0.2) is 18.2 Å². The Morgan fingerprint density at radius 2 is 1.59 bits per heavy atom. The average Bonchev–Trinajstić information content (AvgIpc) is 2.40. The molecule has 3 heteroatoms. The van der Waals surface area contributed by atoms with E-state index in [0.29, 0.717) is 0 Å². The molecular weight excluding hydrogens is 231 g/mol. The molecular formula is C14H21O2P. The van der Waals surface area contributed by atoms with Crippen LogP contribution in [0.5, 0.6) is 11.5 Å². The van der Waals surface area contributed by atoms with Crippen LogP contribution in [0.4, 0.5) is 0 Å². The Hall–Kier alpha value is -0.750. The van der Waals surface area contributed by atoms with E-state index in [-0.39, 0.29) is 0 Å². The van der Waals surface area contributed by atoms with Crippen LogP contribution in [-0.4, -0.2) is 19.9 Å². The van der Waals surface area contributed by atoms with E-state index in [9.17, 15) is 0 Å². The fourth-order valence-corrected chi connectivity index (χ4v) is 4.20. The van der Waals surface area contributed by atoms with Crippen molar-refractivity contribution in [1.82, 2.24) is 0 Å². The van der Waals surface area contributed by atoms with Crippen LogP contribution in [0.25, 0.3) is 0 Å². The van der Waals surface area contributed by atoms with Crippen molar-refractivity contribution in [2.75, 3.05) is 14.2 Å². The number of hydrogen-bond donors (Lipinski definition) is 0. The lowest BCUT2D eigenvalue weighted by Gasteiger charge is -2.23. The SMILES string of the molecule is COc1cccc(OC)c1PC1CCCCC1. The first-order valence-corrected chi connectivity index (χ1v) is 7.40. The molecule has 0 heterocycles. The molecule has 0 bridgehead atoms. The standard InChI is InChI=1S/C14H21O2P/c1-15-12-9-6-10-13(16-2)14(12)17-11-7-4-3-5-8-11/h6,9-11,17H,3-5,7-8H2,1-2H3. The van der Waals surface area contributed by atoms with Gasteiger partial charge in [0.25, 0.3) is 0 Å². The molecule has 1 aliphatic carbocycles. The second kappa shape index (κ2) is 6.26. The minimum atomic E-state index is 0.815. The van der Waals surface area contributed by atoms with Gasteiger partial charge in [-0.3, -0.25) is 0 Å². The highest BCUT2D eigenvalue weighted by Crippen LogP contribution is 2.37. The molecule has 1 aromatic carbocycles. The monoisotopic (exact) mass is 252 g/mol. The van der Waals surface area contributed by atoms with Crippen molar-refractivity contribution in [2.24, 2.45) is 0 Å². The molecule has 1 aromatic rings. The number of rotatable bonds is 4. The topological polar surface area (TPSA) is 18.5 Å². The number of methoxy groups -OCH3 is 2. The van der Waals surface area contributed by atoms with E-state index >= 15 is 0 Å². The fraction of sp³-hybridized carbons (Fsp3) is 0.571. The summed E-state index contributed by atoms with van der Waals surface area (Å²) in [5.41, 5.74) is 0.828. The van der Waals surface area contributed by atoms with Gasteiger partial charge in [-0.15, -0.1) is 0 Å². The molecule has 2 nitrogen and oxygen atoms in total. The summed E-state index contributed by atoms with van der Waals surface area (Å²) in [5.74, 6) is 1.96. The molecule has 1 saturated carbocycles. The highest BCUT2D eigenvalue weighted by atomic mass is 31.1. The fourth-order valence-electron chi connectivity index (χ4n) is 2.44. The Morgan fingerprint density at radius 1 is 1.00 bits per heavy atom. The molecule has 0 amide bonds. The van der Waals surface area contributed by atoms with Crippen LogP contribution in [0.2, 0.25) is 0 Å². The molecule has 2 rings (SSSR count). The minimum absolute atomic E-state index is 0.815. The first-order chi connectivity index (χ1) is 8.35. The molecule has 1 atom stereocenters. The quantitative estimate of drug-likeness (QED) is 0.765. The molecule has 1 aliphatic rings. The molecule has 1 fully saturated rings. The van der Waals surface area contributed by atoms with Crippen LogP contribution in [-0.2, 0) is 0 Å². The molecule has 0 aromatic heterocycles. The lowest BCUT2D eigenvalue weighted by atomic mass is 10.0. The Labute approximate surface area is 105 Å². The Kier molecular flexibility index (Phi) is 4.67. The van der Waals surface area contributed by atoms with Gasteiger partial charge in [0.1, 0.15) is 11.5 Å². The van der Waals surface area contributed by atoms with Gasteiger partial charge in [-0.25, -0.2) is 0 Å². The molecule has 17 heavy (non-hydrogen) atoms. The van der Waals surface area contributed by atoms with Gasteiger partial charge in [-0.05, 0) is 30.6 Å². The number of hydrogen-bond acceptors (Lipinski definition) is 2. The third-order valence-electron chi connectivity index (χ3n) is 3.38. The van der Waals surface area contributed by atoms with Crippen molar-refractivity contribution in [2.45, 2.75) is 37.8 Å². The summed E-state index contributed by atoms with van der Waals surface area (Å²) in [6.07, 6.45) is 6.90. The third-order valence-corrected chi connectivity index (χ3v) is 5.15. The normalized spacial score (nSPS) is 17.5. The summed E-state index contributed by atoms with van der Waals surface area (Å²) >= 11 is 0. The van der Waals surface area contributed by atoms with E-state index in [1.807, 2.05) is 18.2 Å². The van der Waals surface area contributed by atoms with Gasteiger partial charge in [0.2, 0.25) is 0 Å². The summed E-state index contributed by atoms with van der Waals surface area (Å²) in [7, 11) is 4.29. The summed E-state index contributed by atoms with van der Waals surface area (Å²) in [5, 5.41) is 1.27. The van der Waals surface area contributed by atoms with E-state index in [1.165, 1.54) is 37.4 Å². The minimum Gasteiger partial charge on any atom is -0.496 e. The largest absolute Gasteiger partial charge is 0.496 e. The smallest absolute Gasteiger partial charge is 0.129 e. The molecule has 1 unspecified atom stereocenters. The van der Waals surface area contributed by atoms with Crippen molar-refractivity contribution in [3.63, 3.8) is 0 Å². The molecule has 0 saturated heterocycles. The van der Waals surface area contributed by atoms with Crippen molar-refractivity contribution < 1.29 is 9.47 Å². The zero-order valence-corrected chi connectivity index (χ0v) is 11.7. The summed E-state index contributed by atoms with van der Waals surface area (Å²) < 4.78 is 10.9. The zero-order chi connectivity index (χ0) is 12.1. The molecule has 0 radical (unpaired) electrons. The summed E-state index contributed by atoms with van der Waals surface area (Å²) in [6, 6.07) is 6.06. The molecule has 0 aliphatic heterocycles. The van der Waals surface area contributed by atoms with Gasteiger partial charge in [-0.1, -0.05) is 33.9 Å². The second-order valence-corrected chi connectivity index (χ2v) is 6.12. The highest BCUT2D eigenvalue weighted by molar-refractivity contribution is 7.48. The van der Waals surface area contributed by atoms with Crippen molar-refractivity contribution in [1.29, 1.82) is 0 Å². The van der Waals surface area contributed by atoms with E-state index < -0.39 is 0 Å². The number of benzene rings is 1. The predicted octanol–water partition coefficient (Wildman–Crippen LogP) is 3.34. The van der Waals surface area contributed by atoms with Gasteiger partial charge >= 0.3 is 0 Å². The van der Waals surface area contributed by atoms with E-state index in [1.54, 1.807) is 14.2 Å². The number of ether oxygens (including phenoxy) is 2. The average molecular weight is 252 g/mol. The van der Waals surface area contributed by atoms with Gasteiger partial charge in [0.15, 0.2) is 0 Å². The second-order valence-electron chi connectivity index (χ2n) is 4.52. The third kappa shape index (κ3) is 3.13. The first kappa shape index (κ1) is 12.7. The lowest BCUT2D eigenvalue weighted by molar-refractivity contribution is 0.400. The molecule has 94 valence electrons. The lowest BCUT2D eigenvalue weighted by Crippen LogP contribution is -2.14. The van der Waals surface area contributed by atoms with E-state index in [0.717, 1.165) is 25.7 Å². The van der Waals surface area contributed by atoms with Gasteiger partial charge in [-0.2, -0.15) is 0 Å². The Morgan fingerprint density at radius 3 is 2.12 bits per heavy atom. The van der Waals surface area contributed by atoms with Gasteiger partial charge in [0.05, 0.1) is 19.5 Å². The van der Waals surface area contributed by atoms with Crippen molar-refractivity contribution in [3.05, 3.63) is 18.2 Å².